The van der Waals surface area contributed by atoms with Gasteiger partial charge in [0.25, 0.3) is 0 Å². The zero-order valence-corrected chi connectivity index (χ0v) is 10.2. The topological polar surface area (TPSA) is 49.6 Å². The number of hydrogen-bond donors (Lipinski definition) is 0. The van der Waals surface area contributed by atoms with Gasteiger partial charge < -0.3 is 0 Å². The Labute approximate surface area is 108 Å². The van der Waals surface area contributed by atoms with Crippen molar-refractivity contribution in [2.24, 2.45) is 0 Å². The maximum atomic E-state index is 12.6. The van der Waals surface area contributed by atoms with Gasteiger partial charge >= 0.3 is 6.18 Å². The molecule has 1 aromatic carbocycles. The Morgan fingerprint density at radius 1 is 1.33 bits per heavy atom. The molecule has 0 amide bonds. The molecule has 0 N–H and O–H groups in total. The molecule has 2 aromatic rings. The average molecular weight is 287 g/mol. The summed E-state index contributed by atoms with van der Waals surface area (Å²) < 4.78 is 42.1. The van der Waals surface area contributed by atoms with Crippen LogP contribution in [0.3, 0.4) is 0 Å². The molecule has 3 nitrogen and oxygen atoms in total. The van der Waals surface area contributed by atoms with Gasteiger partial charge in [0.1, 0.15) is 6.33 Å². The second-order valence-electron chi connectivity index (χ2n) is 3.13. The summed E-state index contributed by atoms with van der Waals surface area (Å²) >= 11 is 2.31. The third-order valence-corrected chi connectivity index (χ3v) is 3.67. The fourth-order valence-corrected chi connectivity index (χ4v) is 2.70. The molecule has 0 aliphatic heterocycles. The second kappa shape index (κ2) is 4.96. The number of halogens is 3. The minimum atomic E-state index is -4.52. The van der Waals surface area contributed by atoms with Crippen molar-refractivity contribution in [1.29, 1.82) is 5.26 Å². The highest BCUT2D eigenvalue weighted by molar-refractivity contribution is 8.01. The van der Waals surface area contributed by atoms with Crippen LogP contribution in [0.1, 0.15) is 11.1 Å². The maximum Gasteiger partial charge on any atom is 0.417 e. The van der Waals surface area contributed by atoms with E-state index in [-0.39, 0.29) is 0 Å². The fraction of sp³-hybridized carbons (Fsp3) is 0.100. The largest absolute Gasteiger partial charge is 0.417 e. The predicted molar refractivity (Wildman–Crippen MR) is 60.2 cm³/mol. The van der Waals surface area contributed by atoms with Crippen molar-refractivity contribution >= 4 is 23.3 Å². The Bertz CT molecular complexity index is 587. The molecule has 0 spiro atoms. The van der Waals surface area contributed by atoms with Crippen LogP contribution in [0.2, 0.25) is 0 Å². The standard InChI is InChI=1S/C10H4F3N3S2/c11-10(12,13)8-2-1-7(3-6(8)4-14)17-9-15-5-16-18-9/h1-3,5H. The zero-order chi connectivity index (χ0) is 13.2. The van der Waals surface area contributed by atoms with Crippen LogP contribution in [0.25, 0.3) is 0 Å². The minimum Gasteiger partial charge on any atom is -0.216 e. The highest BCUT2D eigenvalue weighted by Gasteiger charge is 2.33. The quantitative estimate of drug-likeness (QED) is 0.847. The third kappa shape index (κ3) is 2.80. The van der Waals surface area contributed by atoms with Crippen molar-refractivity contribution in [3.8, 4) is 6.07 Å². The summed E-state index contributed by atoms with van der Waals surface area (Å²) in [4.78, 5) is 4.43. The van der Waals surface area contributed by atoms with E-state index in [1.165, 1.54) is 30.2 Å². The lowest BCUT2D eigenvalue weighted by atomic mass is 10.1. The molecule has 18 heavy (non-hydrogen) atoms. The van der Waals surface area contributed by atoms with Gasteiger partial charge in [-0.05, 0) is 29.7 Å². The van der Waals surface area contributed by atoms with Gasteiger partial charge in [-0.3, -0.25) is 0 Å². The number of alkyl halides is 3. The fourth-order valence-electron chi connectivity index (χ4n) is 1.24. The third-order valence-electron chi connectivity index (χ3n) is 1.96. The van der Waals surface area contributed by atoms with Gasteiger partial charge in [-0.2, -0.15) is 22.8 Å². The summed E-state index contributed by atoms with van der Waals surface area (Å²) in [6.45, 7) is 0. The molecular formula is C10H4F3N3S2. The highest BCUT2D eigenvalue weighted by atomic mass is 32.2. The summed E-state index contributed by atoms with van der Waals surface area (Å²) in [5, 5.41) is 8.75. The molecule has 0 aliphatic carbocycles. The molecule has 0 unspecified atom stereocenters. The van der Waals surface area contributed by atoms with Gasteiger partial charge in [-0.1, -0.05) is 11.8 Å². The first-order chi connectivity index (χ1) is 8.50. The van der Waals surface area contributed by atoms with E-state index in [2.05, 4.69) is 9.36 Å². The van der Waals surface area contributed by atoms with Crippen LogP contribution < -0.4 is 0 Å². The summed E-state index contributed by atoms with van der Waals surface area (Å²) in [5.74, 6) is 0. The van der Waals surface area contributed by atoms with Gasteiger partial charge in [0, 0.05) is 4.90 Å². The molecule has 92 valence electrons. The van der Waals surface area contributed by atoms with Crippen LogP contribution in [-0.2, 0) is 6.18 Å². The summed E-state index contributed by atoms with van der Waals surface area (Å²) in [5.41, 5.74) is -1.32. The Morgan fingerprint density at radius 3 is 2.67 bits per heavy atom. The van der Waals surface area contributed by atoms with E-state index in [4.69, 9.17) is 5.26 Å². The van der Waals surface area contributed by atoms with Gasteiger partial charge in [-0.25, -0.2) is 4.98 Å². The maximum absolute atomic E-state index is 12.6. The van der Waals surface area contributed by atoms with E-state index in [1.807, 2.05) is 0 Å². The van der Waals surface area contributed by atoms with E-state index < -0.39 is 17.3 Å². The molecule has 0 fully saturated rings. The first-order valence-corrected chi connectivity index (χ1v) is 6.15. The van der Waals surface area contributed by atoms with Crippen molar-refractivity contribution in [3.63, 3.8) is 0 Å². The van der Waals surface area contributed by atoms with Crippen LogP contribution in [0.4, 0.5) is 13.2 Å². The number of aromatic nitrogens is 2. The van der Waals surface area contributed by atoms with Crippen LogP contribution in [0, 0.1) is 11.3 Å². The smallest absolute Gasteiger partial charge is 0.216 e. The molecule has 0 bridgehead atoms. The number of nitrogens with zero attached hydrogens (tertiary/aromatic N) is 3. The lowest BCUT2D eigenvalue weighted by Crippen LogP contribution is -2.07. The molecule has 2 rings (SSSR count). The zero-order valence-electron chi connectivity index (χ0n) is 8.60. The summed E-state index contributed by atoms with van der Waals surface area (Å²) in [6, 6.07) is 4.98. The van der Waals surface area contributed by atoms with Crippen LogP contribution >= 0.6 is 23.3 Å². The van der Waals surface area contributed by atoms with E-state index in [0.29, 0.717) is 9.24 Å². The SMILES string of the molecule is N#Cc1cc(Sc2ncns2)ccc1C(F)(F)F. The van der Waals surface area contributed by atoms with E-state index in [9.17, 15) is 13.2 Å². The van der Waals surface area contributed by atoms with E-state index in [0.717, 1.165) is 17.6 Å². The van der Waals surface area contributed by atoms with Gasteiger partial charge in [-0.15, -0.1) is 0 Å². The molecule has 0 radical (unpaired) electrons. The average Bonchev–Trinajstić information content (AvgIpc) is 2.80. The van der Waals surface area contributed by atoms with Crippen molar-refractivity contribution < 1.29 is 13.2 Å². The molecule has 0 atom stereocenters. The summed E-state index contributed by atoms with van der Waals surface area (Å²) in [6.07, 6.45) is -3.15. The van der Waals surface area contributed by atoms with Crippen LogP contribution in [-0.4, -0.2) is 9.36 Å². The first-order valence-electron chi connectivity index (χ1n) is 4.56. The first kappa shape index (κ1) is 12.9. The van der Waals surface area contributed by atoms with Gasteiger partial charge in [0.05, 0.1) is 17.2 Å². The Hall–Kier alpha value is -1.59. The van der Waals surface area contributed by atoms with Crippen molar-refractivity contribution in [2.75, 3.05) is 0 Å². The lowest BCUT2D eigenvalue weighted by molar-refractivity contribution is -0.137. The molecule has 0 saturated heterocycles. The minimum absolute atomic E-state index is 0.392. The number of hydrogen-bond acceptors (Lipinski definition) is 5. The van der Waals surface area contributed by atoms with Crippen LogP contribution in [0.5, 0.6) is 0 Å². The Morgan fingerprint density at radius 2 is 2.11 bits per heavy atom. The van der Waals surface area contributed by atoms with Gasteiger partial charge in [0.15, 0.2) is 4.34 Å². The highest BCUT2D eigenvalue weighted by Crippen LogP contribution is 2.35. The molecule has 8 heteroatoms. The predicted octanol–water partition coefficient (Wildman–Crippen LogP) is 3.58. The van der Waals surface area contributed by atoms with E-state index >= 15 is 0 Å². The van der Waals surface area contributed by atoms with E-state index in [1.54, 1.807) is 6.07 Å². The second-order valence-corrected chi connectivity index (χ2v) is 5.23. The molecule has 0 aliphatic rings. The Kier molecular flexibility index (Phi) is 3.54. The number of benzene rings is 1. The van der Waals surface area contributed by atoms with Crippen molar-refractivity contribution in [1.82, 2.24) is 9.36 Å². The number of rotatable bonds is 2. The molecular weight excluding hydrogens is 283 g/mol. The molecule has 0 saturated carbocycles. The monoisotopic (exact) mass is 287 g/mol. The lowest BCUT2D eigenvalue weighted by Gasteiger charge is -2.09. The summed E-state index contributed by atoms with van der Waals surface area (Å²) in [7, 11) is 0. The number of nitriles is 1. The van der Waals surface area contributed by atoms with Crippen molar-refractivity contribution in [3.05, 3.63) is 35.7 Å². The molecule has 1 aromatic heterocycles. The Balaban J connectivity index is 2.34. The normalized spacial score (nSPS) is 11.2. The molecule has 1 heterocycles. The van der Waals surface area contributed by atoms with Crippen molar-refractivity contribution in [2.45, 2.75) is 15.4 Å². The van der Waals surface area contributed by atoms with Crippen LogP contribution in [0.15, 0.2) is 33.8 Å². The van der Waals surface area contributed by atoms with Gasteiger partial charge in [0.2, 0.25) is 0 Å².